The van der Waals surface area contributed by atoms with Crippen molar-refractivity contribution in [2.45, 2.75) is 45.1 Å². The number of ketones is 1. The highest BCUT2D eigenvalue weighted by Crippen LogP contribution is 2.30. The zero-order chi connectivity index (χ0) is 20.5. The molecule has 0 bridgehead atoms. The van der Waals surface area contributed by atoms with Gasteiger partial charge in [-0.3, -0.25) is 9.78 Å². The molecule has 6 heteroatoms. The minimum absolute atomic E-state index is 0.115. The van der Waals surface area contributed by atoms with Gasteiger partial charge in [0, 0.05) is 42.6 Å². The number of Topliss-reactive ketones (excluding diaryl/α,β-unsaturated/α-hetero) is 1. The van der Waals surface area contributed by atoms with Gasteiger partial charge in [0.2, 0.25) is 0 Å². The molecule has 0 amide bonds. The molecule has 1 aromatic carbocycles. The summed E-state index contributed by atoms with van der Waals surface area (Å²) in [4.78, 5) is 23.5. The number of hydrogen-bond donors (Lipinski definition) is 0. The van der Waals surface area contributed by atoms with E-state index in [0.29, 0.717) is 35.1 Å². The molecule has 0 atom stereocenters. The summed E-state index contributed by atoms with van der Waals surface area (Å²) in [5.41, 5.74) is 1.09. The zero-order valence-corrected chi connectivity index (χ0v) is 17.1. The summed E-state index contributed by atoms with van der Waals surface area (Å²) in [5.74, 6) is 0.877. The van der Waals surface area contributed by atoms with E-state index >= 15 is 0 Å². The number of rotatable bonds is 5. The minimum atomic E-state index is -0.378. The van der Waals surface area contributed by atoms with Crippen molar-refractivity contribution in [1.82, 2.24) is 14.9 Å². The number of hydrogen-bond acceptors (Lipinski definition) is 5. The lowest BCUT2D eigenvalue weighted by atomic mass is 9.82. The molecule has 0 saturated heterocycles. The summed E-state index contributed by atoms with van der Waals surface area (Å²) in [6.45, 7) is 1.72. The van der Waals surface area contributed by atoms with Crippen molar-refractivity contribution in [3.63, 3.8) is 0 Å². The second kappa shape index (κ2) is 8.03. The van der Waals surface area contributed by atoms with E-state index in [0.717, 1.165) is 36.8 Å². The van der Waals surface area contributed by atoms with Crippen LogP contribution >= 0.6 is 0 Å². The van der Waals surface area contributed by atoms with Crippen molar-refractivity contribution in [1.29, 1.82) is 0 Å². The van der Waals surface area contributed by atoms with Gasteiger partial charge in [-0.15, -0.1) is 0 Å². The van der Waals surface area contributed by atoms with E-state index in [4.69, 9.17) is 4.42 Å². The first kappa shape index (κ1) is 19.7. The lowest BCUT2D eigenvalue weighted by Crippen LogP contribution is -2.34. The third kappa shape index (κ3) is 4.22. The van der Waals surface area contributed by atoms with Crippen LogP contribution in [0.1, 0.15) is 37.3 Å². The van der Waals surface area contributed by atoms with Crippen LogP contribution in [0.3, 0.4) is 0 Å². The maximum absolute atomic E-state index is 14.5. The molecule has 0 N–H and O–H groups in total. The van der Waals surface area contributed by atoms with E-state index < -0.39 is 0 Å². The van der Waals surface area contributed by atoms with E-state index in [1.54, 1.807) is 19.2 Å². The third-order valence-electron chi connectivity index (χ3n) is 5.99. The van der Waals surface area contributed by atoms with Gasteiger partial charge in [-0.1, -0.05) is 0 Å². The molecule has 4 rings (SSSR count). The number of nitrogens with zero attached hydrogens (tertiary/aromatic N) is 3. The Morgan fingerprint density at radius 1 is 1.10 bits per heavy atom. The number of pyridine rings is 1. The van der Waals surface area contributed by atoms with Gasteiger partial charge in [0.25, 0.3) is 0 Å². The first-order chi connectivity index (χ1) is 13.9. The van der Waals surface area contributed by atoms with E-state index in [9.17, 15) is 9.18 Å². The first-order valence-electron chi connectivity index (χ1n) is 10.1. The maximum Gasteiger partial charge on any atom is 0.191 e. The number of carbonyl (C=O) groups is 1. The largest absolute Gasteiger partial charge is 0.441 e. The fraction of sp³-hybridized carbons (Fsp3) is 0.435. The predicted molar refractivity (Wildman–Crippen MR) is 110 cm³/mol. The monoisotopic (exact) mass is 395 g/mol. The van der Waals surface area contributed by atoms with Crippen molar-refractivity contribution in [3.05, 3.63) is 48.0 Å². The summed E-state index contributed by atoms with van der Waals surface area (Å²) in [6, 6.07) is 5.64. The highest BCUT2D eigenvalue weighted by molar-refractivity contribution is 5.88. The molecule has 152 valence electrons. The molecule has 1 saturated carbocycles. The van der Waals surface area contributed by atoms with Gasteiger partial charge in [-0.2, -0.15) is 0 Å². The van der Waals surface area contributed by atoms with Crippen molar-refractivity contribution in [2.24, 2.45) is 5.92 Å². The number of oxazole rings is 1. The molecule has 0 unspecified atom stereocenters. The molecule has 0 spiro atoms. The van der Waals surface area contributed by atoms with Gasteiger partial charge >= 0.3 is 0 Å². The van der Waals surface area contributed by atoms with Crippen molar-refractivity contribution in [2.75, 3.05) is 14.1 Å². The van der Waals surface area contributed by atoms with Gasteiger partial charge in [-0.25, -0.2) is 9.37 Å². The normalized spacial score (nSPS) is 19.8. The molecule has 1 aliphatic carbocycles. The first-order valence-corrected chi connectivity index (χ1v) is 10.1. The lowest BCUT2D eigenvalue weighted by Gasteiger charge is -2.31. The van der Waals surface area contributed by atoms with Crippen LogP contribution in [0.5, 0.6) is 0 Å². The van der Waals surface area contributed by atoms with Crippen LogP contribution in [-0.4, -0.2) is 40.8 Å². The SMILES string of the molecule is Cc1ncc(-c2cc3cc(CC(=O)C4CCC(N(C)C)CC4)ncc3cc2F)o1. The number of carbonyl (C=O) groups excluding carboxylic acids is 1. The fourth-order valence-corrected chi connectivity index (χ4v) is 4.22. The molecular weight excluding hydrogens is 369 g/mol. The van der Waals surface area contributed by atoms with Crippen LogP contribution < -0.4 is 0 Å². The van der Waals surface area contributed by atoms with Crippen molar-refractivity contribution in [3.8, 4) is 11.3 Å². The summed E-state index contributed by atoms with van der Waals surface area (Å²) >= 11 is 0. The summed E-state index contributed by atoms with van der Waals surface area (Å²) in [6.07, 6.45) is 7.49. The molecule has 0 aliphatic heterocycles. The standard InChI is InChI=1S/C23H26FN3O2/c1-14-25-13-23(29-14)20-9-16-8-18(26-12-17(16)10-21(20)24)11-22(28)15-4-6-19(7-5-15)27(2)3/h8-10,12-13,15,19H,4-7,11H2,1-3H3. The van der Waals surface area contributed by atoms with Gasteiger partial charge in [0.05, 0.1) is 11.8 Å². The Labute approximate surface area is 169 Å². The van der Waals surface area contributed by atoms with Gasteiger partial charge < -0.3 is 9.32 Å². The Morgan fingerprint density at radius 3 is 2.52 bits per heavy atom. The highest BCUT2D eigenvalue weighted by atomic mass is 19.1. The predicted octanol–water partition coefficient (Wildman–Crippen LogP) is 4.57. The Morgan fingerprint density at radius 2 is 1.86 bits per heavy atom. The number of fused-ring (bicyclic) bond motifs is 1. The van der Waals surface area contributed by atoms with Gasteiger partial charge in [0.1, 0.15) is 11.6 Å². The van der Waals surface area contributed by atoms with E-state index in [1.165, 1.54) is 12.3 Å². The van der Waals surface area contributed by atoms with Crippen LogP contribution in [0, 0.1) is 18.7 Å². The number of aromatic nitrogens is 2. The van der Waals surface area contributed by atoms with Crippen LogP contribution in [0.25, 0.3) is 22.1 Å². The van der Waals surface area contributed by atoms with Crippen LogP contribution in [0.2, 0.25) is 0 Å². The smallest absolute Gasteiger partial charge is 0.191 e. The summed E-state index contributed by atoms with van der Waals surface area (Å²) < 4.78 is 20.0. The Balaban J connectivity index is 1.52. The third-order valence-corrected chi connectivity index (χ3v) is 5.99. The van der Waals surface area contributed by atoms with Gasteiger partial charge in [-0.05, 0) is 63.4 Å². The molecular formula is C23H26FN3O2. The average molecular weight is 395 g/mol. The minimum Gasteiger partial charge on any atom is -0.441 e. The molecule has 2 aromatic heterocycles. The fourth-order valence-electron chi connectivity index (χ4n) is 4.22. The summed E-state index contributed by atoms with van der Waals surface area (Å²) in [5, 5.41) is 1.54. The number of benzene rings is 1. The zero-order valence-electron chi connectivity index (χ0n) is 17.1. The Kier molecular flexibility index (Phi) is 5.46. The van der Waals surface area contributed by atoms with Gasteiger partial charge in [0.15, 0.2) is 11.7 Å². The maximum atomic E-state index is 14.5. The Bertz CT molecular complexity index is 1040. The second-order valence-corrected chi connectivity index (χ2v) is 8.21. The molecule has 5 nitrogen and oxygen atoms in total. The second-order valence-electron chi connectivity index (χ2n) is 8.21. The lowest BCUT2D eigenvalue weighted by molar-refractivity contribution is -0.123. The quantitative estimate of drug-likeness (QED) is 0.633. The van der Waals surface area contributed by atoms with E-state index in [1.807, 2.05) is 6.07 Å². The topological polar surface area (TPSA) is 59.2 Å². The van der Waals surface area contributed by atoms with Crippen molar-refractivity contribution >= 4 is 16.6 Å². The number of halogens is 1. The number of aryl methyl sites for hydroxylation is 1. The molecule has 0 radical (unpaired) electrons. The van der Waals surface area contributed by atoms with E-state index in [-0.39, 0.29) is 17.5 Å². The van der Waals surface area contributed by atoms with Crippen LogP contribution in [0.4, 0.5) is 4.39 Å². The molecule has 29 heavy (non-hydrogen) atoms. The molecule has 1 fully saturated rings. The summed E-state index contributed by atoms with van der Waals surface area (Å²) in [7, 11) is 4.20. The average Bonchev–Trinajstić information content (AvgIpc) is 3.13. The Hall–Kier alpha value is -2.60. The van der Waals surface area contributed by atoms with Crippen molar-refractivity contribution < 1.29 is 13.6 Å². The highest BCUT2D eigenvalue weighted by Gasteiger charge is 2.27. The van der Waals surface area contributed by atoms with E-state index in [2.05, 4.69) is 29.0 Å². The molecule has 1 aliphatic rings. The molecule has 3 aromatic rings. The van der Waals surface area contributed by atoms with Crippen LogP contribution in [-0.2, 0) is 11.2 Å². The van der Waals surface area contributed by atoms with Crippen LogP contribution in [0.15, 0.2) is 35.0 Å². The molecule has 2 heterocycles.